The lowest BCUT2D eigenvalue weighted by atomic mass is 10.1. The molecule has 2 atom stereocenters. The van der Waals surface area contributed by atoms with Gasteiger partial charge in [0.15, 0.2) is 11.6 Å². The number of morpholine rings is 1. The second-order valence-electron chi connectivity index (χ2n) is 5.05. The molecule has 5 nitrogen and oxygen atoms in total. The first-order chi connectivity index (χ1) is 10.1. The van der Waals surface area contributed by atoms with Crippen molar-refractivity contribution in [1.82, 2.24) is 10.2 Å². The number of rotatable bonds is 5. The summed E-state index contributed by atoms with van der Waals surface area (Å²) in [7, 11) is 1.70. The Hall–Kier alpha value is -1.66. The molecule has 1 heterocycles. The molecule has 116 valence electrons. The molecular formula is C15H21FN2O3. The quantitative estimate of drug-likeness (QED) is 0.882. The molecular weight excluding hydrogens is 275 g/mol. The van der Waals surface area contributed by atoms with E-state index in [-0.39, 0.29) is 30.4 Å². The number of ether oxygens (including phenoxy) is 2. The van der Waals surface area contributed by atoms with Crippen molar-refractivity contribution in [3.05, 3.63) is 30.1 Å². The van der Waals surface area contributed by atoms with Gasteiger partial charge in [-0.15, -0.1) is 0 Å². The van der Waals surface area contributed by atoms with E-state index in [4.69, 9.17) is 9.47 Å². The molecule has 0 spiro atoms. The highest BCUT2D eigenvalue weighted by Crippen LogP contribution is 2.15. The zero-order chi connectivity index (χ0) is 15.2. The van der Waals surface area contributed by atoms with Crippen molar-refractivity contribution in [2.24, 2.45) is 0 Å². The summed E-state index contributed by atoms with van der Waals surface area (Å²) in [5, 5.41) is 3.15. The number of amides is 1. The minimum Gasteiger partial charge on any atom is -0.489 e. The van der Waals surface area contributed by atoms with Gasteiger partial charge in [0.25, 0.3) is 0 Å². The molecule has 1 aromatic carbocycles. The van der Waals surface area contributed by atoms with E-state index in [0.29, 0.717) is 19.7 Å². The molecule has 0 aromatic heterocycles. The van der Waals surface area contributed by atoms with Crippen molar-refractivity contribution in [2.45, 2.75) is 19.1 Å². The maximum Gasteiger partial charge on any atom is 0.242 e. The molecule has 0 saturated carbocycles. The van der Waals surface area contributed by atoms with Gasteiger partial charge in [0.05, 0.1) is 19.3 Å². The van der Waals surface area contributed by atoms with Gasteiger partial charge in [0.2, 0.25) is 5.91 Å². The SMILES string of the molecule is C[C@H]1OCCN[C@@H]1C(=O)N(C)CCOc1ccccc1F. The Bertz CT molecular complexity index is 484. The standard InChI is InChI=1S/C15H21FN2O3/c1-11-14(17-7-9-20-11)15(19)18(2)8-10-21-13-6-4-3-5-12(13)16/h3-6,11,14,17H,7-10H2,1-2H3/t11-,14+/m1/s1. The second-order valence-corrected chi connectivity index (χ2v) is 5.05. The van der Waals surface area contributed by atoms with Crippen LogP contribution in [0.25, 0.3) is 0 Å². The predicted molar refractivity (Wildman–Crippen MR) is 76.7 cm³/mol. The molecule has 0 radical (unpaired) electrons. The first-order valence-electron chi connectivity index (χ1n) is 7.07. The third kappa shape index (κ3) is 4.15. The average Bonchev–Trinajstić information content (AvgIpc) is 2.49. The van der Waals surface area contributed by atoms with E-state index < -0.39 is 5.82 Å². The van der Waals surface area contributed by atoms with Crippen LogP contribution in [0.15, 0.2) is 24.3 Å². The van der Waals surface area contributed by atoms with Gasteiger partial charge in [-0.2, -0.15) is 0 Å². The Balaban J connectivity index is 1.80. The van der Waals surface area contributed by atoms with Crippen LogP contribution in [-0.4, -0.2) is 56.3 Å². The van der Waals surface area contributed by atoms with Gasteiger partial charge >= 0.3 is 0 Å². The van der Waals surface area contributed by atoms with Gasteiger partial charge in [-0.05, 0) is 19.1 Å². The third-order valence-electron chi connectivity index (χ3n) is 3.48. The molecule has 2 rings (SSSR count). The molecule has 1 aromatic rings. The topological polar surface area (TPSA) is 50.8 Å². The van der Waals surface area contributed by atoms with Gasteiger partial charge in [0, 0.05) is 13.6 Å². The molecule has 6 heteroatoms. The molecule has 1 fully saturated rings. The van der Waals surface area contributed by atoms with E-state index in [0.717, 1.165) is 0 Å². The van der Waals surface area contributed by atoms with Gasteiger partial charge < -0.3 is 19.7 Å². The number of nitrogens with zero attached hydrogens (tertiary/aromatic N) is 1. The largest absolute Gasteiger partial charge is 0.489 e. The van der Waals surface area contributed by atoms with Crippen molar-refractivity contribution in [3.63, 3.8) is 0 Å². The smallest absolute Gasteiger partial charge is 0.242 e. The van der Waals surface area contributed by atoms with Crippen LogP contribution in [0.5, 0.6) is 5.75 Å². The minimum atomic E-state index is -0.401. The van der Waals surface area contributed by atoms with Crippen LogP contribution >= 0.6 is 0 Å². The van der Waals surface area contributed by atoms with Gasteiger partial charge in [-0.1, -0.05) is 12.1 Å². The summed E-state index contributed by atoms with van der Waals surface area (Å²) in [4.78, 5) is 13.8. The molecule has 21 heavy (non-hydrogen) atoms. The Morgan fingerprint density at radius 3 is 3.00 bits per heavy atom. The first kappa shape index (κ1) is 15.7. The number of halogens is 1. The maximum atomic E-state index is 13.4. The second kappa shape index (κ2) is 7.38. The molecule has 1 N–H and O–H groups in total. The number of benzene rings is 1. The van der Waals surface area contributed by atoms with Crippen LogP contribution in [0.4, 0.5) is 4.39 Å². The summed E-state index contributed by atoms with van der Waals surface area (Å²) < 4.78 is 24.2. The Labute approximate surface area is 124 Å². The zero-order valence-electron chi connectivity index (χ0n) is 12.3. The van der Waals surface area contributed by atoms with Crippen molar-refractivity contribution in [2.75, 3.05) is 33.4 Å². The lowest BCUT2D eigenvalue weighted by Crippen LogP contribution is -2.56. The normalized spacial score (nSPS) is 21.9. The fraction of sp³-hybridized carbons (Fsp3) is 0.533. The predicted octanol–water partition coefficient (Wildman–Crippen LogP) is 1.04. The van der Waals surface area contributed by atoms with Gasteiger partial charge in [-0.3, -0.25) is 4.79 Å². The summed E-state index contributed by atoms with van der Waals surface area (Å²) in [6.07, 6.45) is -0.152. The van der Waals surface area contributed by atoms with Crippen LogP contribution in [-0.2, 0) is 9.53 Å². The number of nitrogens with one attached hydrogen (secondary N) is 1. The Morgan fingerprint density at radius 1 is 1.52 bits per heavy atom. The highest BCUT2D eigenvalue weighted by molar-refractivity contribution is 5.82. The number of hydrogen-bond acceptors (Lipinski definition) is 4. The van der Waals surface area contributed by atoms with Crippen LogP contribution in [0.3, 0.4) is 0 Å². The first-order valence-corrected chi connectivity index (χ1v) is 7.07. The molecule has 1 aliphatic heterocycles. The summed E-state index contributed by atoms with van der Waals surface area (Å²) in [6, 6.07) is 5.88. The van der Waals surface area contributed by atoms with Crippen molar-refractivity contribution in [3.8, 4) is 5.75 Å². The fourth-order valence-electron chi connectivity index (χ4n) is 2.21. The van der Waals surface area contributed by atoms with Crippen LogP contribution < -0.4 is 10.1 Å². The van der Waals surface area contributed by atoms with Gasteiger partial charge in [-0.25, -0.2) is 4.39 Å². The summed E-state index contributed by atoms with van der Waals surface area (Å²) >= 11 is 0. The maximum absolute atomic E-state index is 13.4. The Morgan fingerprint density at radius 2 is 2.29 bits per heavy atom. The van der Waals surface area contributed by atoms with E-state index in [2.05, 4.69) is 5.32 Å². The van der Waals surface area contributed by atoms with Crippen LogP contribution in [0.2, 0.25) is 0 Å². The summed E-state index contributed by atoms with van der Waals surface area (Å²) in [5.41, 5.74) is 0. The molecule has 1 aliphatic rings. The van der Waals surface area contributed by atoms with E-state index >= 15 is 0 Å². The number of hydrogen-bond donors (Lipinski definition) is 1. The lowest BCUT2D eigenvalue weighted by Gasteiger charge is -2.32. The molecule has 0 aliphatic carbocycles. The summed E-state index contributed by atoms with van der Waals surface area (Å²) in [5.74, 6) is -0.243. The highest BCUT2D eigenvalue weighted by atomic mass is 19.1. The van der Waals surface area contributed by atoms with Crippen LogP contribution in [0.1, 0.15) is 6.92 Å². The van der Waals surface area contributed by atoms with E-state index in [9.17, 15) is 9.18 Å². The zero-order valence-corrected chi connectivity index (χ0v) is 12.3. The number of para-hydroxylation sites is 1. The molecule has 0 unspecified atom stereocenters. The Kier molecular flexibility index (Phi) is 5.52. The molecule has 0 bridgehead atoms. The minimum absolute atomic E-state index is 0.0423. The number of carbonyl (C=O) groups excluding carboxylic acids is 1. The van der Waals surface area contributed by atoms with E-state index in [1.54, 1.807) is 30.1 Å². The van der Waals surface area contributed by atoms with E-state index in [1.165, 1.54) is 6.07 Å². The van der Waals surface area contributed by atoms with Gasteiger partial charge in [0.1, 0.15) is 12.6 Å². The van der Waals surface area contributed by atoms with Crippen molar-refractivity contribution in [1.29, 1.82) is 0 Å². The van der Waals surface area contributed by atoms with Crippen molar-refractivity contribution >= 4 is 5.91 Å². The monoisotopic (exact) mass is 296 g/mol. The average molecular weight is 296 g/mol. The van der Waals surface area contributed by atoms with E-state index in [1.807, 2.05) is 6.92 Å². The highest BCUT2D eigenvalue weighted by Gasteiger charge is 2.30. The molecule has 1 amide bonds. The third-order valence-corrected chi connectivity index (χ3v) is 3.48. The number of carbonyl (C=O) groups is 1. The van der Waals surface area contributed by atoms with Crippen LogP contribution in [0, 0.1) is 5.82 Å². The lowest BCUT2D eigenvalue weighted by molar-refractivity contribution is -0.138. The fourth-order valence-corrected chi connectivity index (χ4v) is 2.21. The number of likely N-dealkylation sites (N-methyl/N-ethyl adjacent to an activating group) is 1. The summed E-state index contributed by atoms with van der Waals surface area (Å²) in [6.45, 7) is 3.78. The molecule has 1 saturated heterocycles. The van der Waals surface area contributed by atoms with Crippen molar-refractivity contribution < 1.29 is 18.7 Å².